The molecule has 102 valence electrons. The van der Waals surface area contributed by atoms with E-state index >= 15 is 0 Å². The minimum atomic E-state index is -0.170. The summed E-state index contributed by atoms with van der Waals surface area (Å²) in [5.41, 5.74) is 2.86. The zero-order valence-electron chi connectivity index (χ0n) is 11.6. The predicted molar refractivity (Wildman–Crippen MR) is 80.2 cm³/mol. The molecule has 1 N–H and O–H groups in total. The molecule has 3 aromatic rings. The Hall–Kier alpha value is -2.13. The Morgan fingerprint density at radius 1 is 0.950 bits per heavy atom. The molecule has 1 heterocycles. The third kappa shape index (κ3) is 2.10. The number of rotatable bonds is 3. The number of aromatic amines is 1. The Bertz CT molecular complexity index is 730. The first kappa shape index (κ1) is 12.9. The lowest BCUT2D eigenvalue weighted by Crippen LogP contribution is -2.21. The lowest BCUT2D eigenvalue weighted by atomic mass is 9.97. The smallest absolute Gasteiger partial charge is 0.128 e. The van der Waals surface area contributed by atoms with Gasteiger partial charge < -0.3 is 4.98 Å². The molecule has 0 fully saturated rings. The maximum Gasteiger partial charge on any atom is 0.128 e. The molecule has 0 amide bonds. The molecule has 1 atom stereocenters. The maximum atomic E-state index is 14.2. The summed E-state index contributed by atoms with van der Waals surface area (Å²) in [6.45, 7) is 0. The zero-order valence-corrected chi connectivity index (χ0v) is 11.6. The molecule has 0 spiro atoms. The summed E-state index contributed by atoms with van der Waals surface area (Å²) < 4.78 is 14.2. The zero-order chi connectivity index (χ0) is 14.1. The molecule has 0 aliphatic rings. The van der Waals surface area contributed by atoms with Gasteiger partial charge in [-0.05, 0) is 31.8 Å². The highest BCUT2D eigenvalue weighted by Gasteiger charge is 2.22. The van der Waals surface area contributed by atoms with Crippen molar-refractivity contribution in [1.29, 1.82) is 0 Å². The van der Waals surface area contributed by atoms with Crippen molar-refractivity contribution in [3.05, 3.63) is 71.7 Å². The van der Waals surface area contributed by atoms with Gasteiger partial charge in [0.1, 0.15) is 5.82 Å². The lowest BCUT2D eigenvalue weighted by Gasteiger charge is -2.25. The van der Waals surface area contributed by atoms with E-state index in [9.17, 15) is 4.39 Å². The van der Waals surface area contributed by atoms with E-state index < -0.39 is 0 Å². The van der Waals surface area contributed by atoms with E-state index in [0.29, 0.717) is 5.56 Å². The highest BCUT2D eigenvalue weighted by molar-refractivity contribution is 5.84. The fourth-order valence-electron chi connectivity index (χ4n) is 2.74. The van der Waals surface area contributed by atoms with E-state index in [1.165, 1.54) is 6.07 Å². The van der Waals surface area contributed by atoms with E-state index in [1.54, 1.807) is 6.07 Å². The van der Waals surface area contributed by atoms with Crippen molar-refractivity contribution in [3.8, 4) is 0 Å². The summed E-state index contributed by atoms with van der Waals surface area (Å²) in [4.78, 5) is 5.30. The van der Waals surface area contributed by atoms with Crippen LogP contribution in [-0.2, 0) is 0 Å². The first-order valence-corrected chi connectivity index (χ1v) is 6.65. The van der Waals surface area contributed by atoms with Gasteiger partial charge in [-0.25, -0.2) is 4.39 Å². The summed E-state index contributed by atoms with van der Waals surface area (Å²) in [5, 5.41) is 1.13. The molecule has 0 bridgehead atoms. The highest BCUT2D eigenvalue weighted by Crippen LogP contribution is 2.33. The standard InChI is InChI=1S/C17H17FN2/c1-20(2)17(13-8-3-5-9-15(13)18)14-11-19-16-10-6-4-7-12(14)16/h3-11,17,19H,1-2H3. The molecular formula is C17H17FN2. The van der Waals surface area contributed by atoms with Crippen LogP contribution in [0.4, 0.5) is 4.39 Å². The minimum Gasteiger partial charge on any atom is -0.361 e. The third-order valence-electron chi connectivity index (χ3n) is 3.63. The van der Waals surface area contributed by atoms with Crippen LogP contribution in [0.2, 0.25) is 0 Å². The van der Waals surface area contributed by atoms with Gasteiger partial charge in [-0.15, -0.1) is 0 Å². The number of fused-ring (bicyclic) bond motifs is 1. The van der Waals surface area contributed by atoms with Gasteiger partial charge >= 0.3 is 0 Å². The number of benzene rings is 2. The van der Waals surface area contributed by atoms with Crippen molar-refractivity contribution in [1.82, 2.24) is 9.88 Å². The van der Waals surface area contributed by atoms with Gasteiger partial charge in [0.05, 0.1) is 6.04 Å². The van der Waals surface area contributed by atoms with Gasteiger partial charge in [0, 0.05) is 22.7 Å². The minimum absolute atomic E-state index is 0.104. The number of nitrogens with one attached hydrogen (secondary N) is 1. The second kappa shape index (κ2) is 5.10. The van der Waals surface area contributed by atoms with E-state index in [1.807, 2.05) is 55.5 Å². The van der Waals surface area contributed by atoms with E-state index in [0.717, 1.165) is 16.5 Å². The van der Waals surface area contributed by atoms with Crippen LogP contribution in [0.1, 0.15) is 17.2 Å². The summed E-state index contributed by atoms with van der Waals surface area (Å²) >= 11 is 0. The number of aromatic nitrogens is 1. The molecule has 2 nitrogen and oxygen atoms in total. The van der Waals surface area contributed by atoms with E-state index in [4.69, 9.17) is 0 Å². The molecule has 1 unspecified atom stereocenters. The Labute approximate surface area is 117 Å². The summed E-state index contributed by atoms with van der Waals surface area (Å²) in [6.07, 6.45) is 1.97. The van der Waals surface area contributed by atoms with Gasteiger partial charge in [0.2, 0.25) is 0 Å². The van der Waals surface area contributed by atoms with Gasteiger partial charge in [0.15, 0.2) is 0 Å². The quantitative estimate of drug-likeness (QED) is 0.762. The monoisotopic (exact) mass is 268 g/mol. The van der Waals surface area contributed by atoms with E-state index in [-0.39, 0.29) is 11.9 Å². The normalized spacial score (nSPS) is 13.0. The lowest BCUT2D eigenvalue weighted by molar-refractivity contribution is 0.335. The number of hydrogen-bond acceptors (Lipinski definition) is 1. The van der Waals surface area contributed by atoms with Crippen LogP contribution in [0.15, 0.2) is 54.7 Å². The van der Waals surface area contributed by atoms with Crippen LogP contribution in [0.3, 0.4) is 0 Å². The van der Waals surface area contributed by atoms with Crippen LogP contribution in [0, 0.1) is 5.82 Å². The predicted octanol–water partition coefficient (Wildman–Crippen LogP) is 3.96. The maximum absolute atomic E-state index is 14.2. The van der Waals surface area contributed by atoms with Crippen molar-refractivity contribution < 1.29 is 4.39 Å². The number of halogens is 1. The SMILES string of the molecule is CN(C)C(c1ccccc1F)c1c[nH]c2ccccc12. The van der Waals surface area contributed by atoms with Crippen LogP contribution in [0.25, 0.3) is 10.9 Å². The van der Waals surface area contributed by atoms with Crippen LogP contribution in [-0.4, -0.2) is 24.0 Å². The first-order chi connectivity index (χ1) is 9.68. The fraction of sp³-hybridized carbons (Fsp3) is 0.176. The average Bonchev–Trinajstić information content (AvgIpc) is 2.85. The molecule has 3 rings (SSSR count). The van der Waals surface area contributed by atoms with Crippen LogP contribution < -0.4 is 0 Å². The number of H-pyrrole nitrogens is 1. The summed E-state index contributed by atoms with van der Waals surface area (Å²) in [7, 11) is 3.94. The average molecular weight is 268 g/mol. The molecular weight excluding hydrogens is 251 g/mol. The molecule has 0 saturated heterocycles. The molecule has 0 radical (unpaired) electrons. The van der Waals surface area contributed by atoms with Crippen LogP contribution >= 0.6 is 0 Å². The number of para-hydroxylation sites is 1. The van der Waals surface area contributed by atoms with Crippen molar-refractivity contribution in [2.75, 3.05) is 14.1 Å². The molecule has 0 aliphatic carbocycles. The van der Waals surface area contributed by atoms with Crippen molar-refractivity contribution >= 4 is 10.9 Å². The molecule has 1 aromatic heterocycles. The van der Waals surface area contributed by atoms with Gasteiger partial charge in [0.25, 0.3) is 0 Å². The van der Waals surface area contributed by atoms with Crippen molar-refractivity contribution in [2.24, 2.45) is 0 Å². The van der Waals surface area contributed by atoms with E-state index in [2.05, 4.69) is 11.1 Å². The van der Waals surface area contributed by atoms with Gasteiger partial charge in [-0.3, -0.25) is 4.90 Å². The molecule has 2 aromatic carbocycles. The second-order valence-corrected chi connectivity index (χ2v) is 5.18. The number of nitrogens with zero attached hydrogens (tertiary/aromatic N) is 1. The first-order valence-electron chi connectivity index (χ1n) is 6.65. The van der Waals surface area contributed by atoms with Crippen LogP contribution in [0.5, 0.6) is 0 Å². The summed E-state index contributed by atoms with van der Waals surface area (Å²) in [6, 6.07) is 15.0. The Balaban J connectivity index is 2.19. The summed E-state index contributed by atoms with van der Waals surface area (Å²) in [5.74, 6) is -0.170. The molecule has 3 heteroatoms. The molecule has 0 saturated carbocycles. The topological polar surface area (TPSA) is 19.0 Å². The largest absolute Gasteiger partial charge is 0.361 e. The Kier molecular flexibility index (Phi) is 3.28. The number of hydrogen-bond donors (Lipinski definition) is 1. The second-order valence-electron chi connectivity index (χ2n) is 5.18. The molecule has 0 aliphatic heterocycles. The van der Waals surface area contributed by atoms with Crippen molar-refractivity contribution in [2.45, 2.75) is 6.04 Å². The Morgan fingerprint density at radius 2 is 1.65 bits per heavy atom. The third-order valence-corrected chi connectivity index (χ3v) is 3.63. The van der Waals surface area contributed by atoms with Crippen molar-refractivity contribution in [3.63, 3.8) is 0 Å². The molecule has 20 heavy (non-hydrogen) atoms. The fourth-order valence-corrected chi connectivity index (χ4v) is 2.74. The van der Waals surface area contributed by atoms with Gasteiger partial charge in [-0.1, -0.05) is 36.4 Å². The highest BCUT2D eigenvalue weighted by atomic mass is 19.1. The Morgan fingerprint density at radius 3 is 2.40 bits per heavy atom. The van der Waals surface area contributed by atoms with Gasteiger partial charge in [-0.2, -0.15) is 0 Å².